The van der Waals surface area contributed by atoms with Gasteiger partial charge in [-0.15, -0.1) is 11.3 Å². The first-order chi connectivity index (χ1) is 14.6. The second kappa shape index (κ2) is 8.56. The van der Waals surface area contributed by atoms with Gasteiger partial charge in [-0.1, -0.05) is 38.1 Å². The van der Waals surface area contributed by atoms with Crippen LogP contribution in [0.1, 0.15) is 68.3 Å². The third kappa shape index (κ3) is 3.96. The Morgan fingerprint density at radius 1 is 1.06 bits per heavy atom. The summed E-state index contributed by atoms with van der Waals surface area (Å²) in [6.07, 6.45) is 0. The number of pyridine rings is 1. The Morgan fingerprint density at radius 2 is 1.65 bits per heavy atom. The Kier molecular flexibility index (Phi) is 6.23. The van der Waals surface area contributed by atoms with Gasteiger partial charge in [0.25, 0.3) is 5.91 Å². The van der Waals surface area contributed by atoms with E-state index in [1.807, 2.05) is 52.0 Å². The number of fused-ring (bicyclic) bond motifs is 1. The van der Waals surface area contributed by atoms with Crippen LogP contribution in [0.25, 0.3) is 21.3 Å². The number of nitrogens with two attached hydrogens (primary N) is 2. The minimum absolute atomic E-state index is 0.0212. The first-order valence-electron chi connectivity index (χ1n) is 10.4. The summed E-state index contributed by atoms with van der Waals surface area (Å²) in [4.78, 5) is 20.6. The quantitative estimate of drug-likeness (QED) is 0.559. The number of carbonyl (C=O) groups is 1. The van der Waals surface area contributed by atoms with Crippen LogP contribution in [-0.4, -0.2) is 27.9 Å². The fraction of sp³-hybridized carbons (Fsp3) is 0.375. The number of anilines is 2. The summed E-state index contributed by atoms with van der Waals surface area (Å²) in [5, 5.41) is 10.4. The van der Waals surface area contributed by atoms with Gasteiger partial charge in [0.1, 0.15) is 27.2 Å². The van der Waals surface area contributed by atoms with E-state index in [-0.39, 0.29) is 29.4 Å². The molecule has 0 aliphatic rings. The molecular formula is C24H29N5OS. The highest BCUT2D eigenvalue weighted by molar-refractivity contribution is 7.21. The van der Waals surface area contributed by atoms with Crippen molar-refractivity contribution in [3.8, 4) is 17.2 Å². The molecule has 2 aromatic heterocycles. The van der Waals surface area contributed by atoms with Crippen LogP contribution >= 0.6 is 11.3 Å². The largest absolute Gasteiger partial charge is 0.397 e. The molecule has 6 nitrogen and oxygen atoms in total. The molecule has 0 bridgehead atoms. The van der Waals surface area contributed by atoms with E-state index in [4.69, 9.17) is 11.5 Å². The summed E-state index contributed by atoms with van der Waals surface area (Å²) in [6.45, 7) is 12.2. The molecule has 1 aromatic carbocycles. The number of nitriles is 1. The molecule has 31 heavy (non-hydrogen) atoms. The van der Waals surface area contributed by atoms with Crippen LogP contribution < -0.4 is 11.5 Å². The molecule has 1 amide bonds. The average molecular weight is 436 g/mol. The van der Waals surface area contributed by atoms with Crippen molar-refractivity contribution in [1.29, 1.82) is 5.26 Å². The molecule has 0 unspecified atom stereocenters. The molecule has 4 N–H and O–H groups in total. The summed E-state index contributed by atoms with van der Waals surface area (Å²) in [5.74, 6) is 0.395. The molecule has 0 aliphatic heterocycles. The summed E-state index contributed by atoms with van der Waals surface area (Å²) in [6, 6.07) is 10.2. The third-order valence-corrected chi connectivity index (χ3v) is 6.51. The van der Waals surface area contributed by atoms with Crippen LogP contribution in [0.4, 0.5) is 11.5 Å². The molecule has 0 spiro atoms. The lowest BCUT2D eigenvalue weighted by atomic mass is 9.94. The summed E-state index contributed by atoms with van der Waals surface area (Å²) >= 11 is 1.23. The monoisotopic (exact) mass is 435 g/mol. The highest BCUT2D eigenvalue weighted by atomic mass is 32.1. The van der Waals surface area contributed by atoms with Crippen molar-refractivity contribution < 1.29 is 4.79 Å². The molecule has 0 atom stereocenters. The van der Waals surface area contributed by atoms with Crippen LogP contribution in [-0.2, 0) is 0 Å². The Morgan fingerprint density at radius 3 is 2.13 bits per heavy atom. The number of rotatable bonds is 5. The predicted octanol–water partition coefficient (Wildman–Crippen LogP) is 5.38. The molecule has 3 aromatic rings. The average Bonchev–Trinajstić information content (AvgIpc) is 3.02. The van der Waals surface area contributed by atoms with E-state index in [1.54, 1.807) is 4.90 Å². The summed E-state index contributed by atoms with van der Waals surface area (Å²) in [5.41, 5.74) is 16.0. The van der Waals surface area contributed by atoms with E-state index in [0.29, 0.717) is 32.3 Å². The van der Waals surface area contributed by atoms with Crippen LogP contribution in [0.2, 0.25) is 0 Å². The van der Waals surface area contributed by atoms with Crippen molar-refractivity contribution in [3.63, 3.8) is 0 Å². The lowest BCUT2D eigenvalue weighted by Crippen LogP contribution is -2.41. The molecule has 7 heteroatoms. The number of carbonyl (C=O) groups excluding carboxylic acids is 1. The van der Waals surface area contributed by atoms with Crippen molar-refractivity contribution >= 4 is 39.0 Å². The van der Waals surface area contributed by atoms with Gasteiger partial charge in [-0.25, -0.2) is 4.98 Å². The molecule has 0 radical (unpaired) electrons. The van der Waals surface area contributed by atoms with Crippen LogP contribution in [0, 0.1) is 11.3 Å². The van der Waals surface area contributed by atoms with Crippen molar-refractivity contribution in [2.24, 2.45) is 0 Å². The Hall–Kier alpha value is -3.11. The second-order valence-corrected chi connectivity index (χ2v) is 9.56. The standard InChI is InChI=1S/C24H29N5OS/c1-12(2)15-7-9-16(10-8-15)18-17(11-25)22(27)28-23-19(18)20(26)21(31-23)24(30)29(13(3)4)14(5)6/h7-10,12-14H,26H2,1-6H3,(H2,27,28). The third-order valence-electron chi connectivity index (χ3n) is 5.42. The van der Waals surface area contributed by atoms with Gasteiger partial charge in [0.2, 0.25) is 0 Å². The number of aromatic nitrogens is 1. The first-order valence-corrected chi connectivity index (χ1v) is 11.2. The van der Waals surface area contributed by atoms with Crippen molar-refractivity contribution in [2.75, 3.05) is 11.5 Å². The molecule has 0 aliphatic carbocycles. The molecule has 0 fully saturated rings. The fourth-order valence-electron chi connectivity index (χ4n) is 3.95. The number of thiophene rings is 1. The minimum atomic E-state index is -0.135. The van der Waals surface area contributed by atoms with E-state index >= 15 is 0 Å². The van der Waals surface area contributed by atoms with E-state index in [9.17, 15) is 10.1 Å². The molecule has 162 valence electrons. The van der Waals surface area contributed by atoms with Crippen LogP contribution in [0.5, 0.6) is 0 Å². The maximum Gasteiger partial charge on any atom is 0.266 e. The van der Waals surface area contributed by atoms with Crippen LogP contribution in [0.15, 0.2) is 24.3 Å². The minimum Gasteiger partial charge on any atom is -0.397 e. The fourth-order valence-corrected chi connectivity index (χ4v) is 5.00. The maximum atomic E-state index is 13.4. The van der Waals surface area contributed by atoms with Gasteiger partial charge >= 0.3 is 0 Å². The highest BCUT2D eigenvalue weighted by Gasteiger charge is 2.29. The second-order valence-electron chi connectivity index (χ2n) is 8.56. The van der Waals surface area contributed by atoms with E-state index in [1.165, 1.54) is 16.9 Å². The predicted molar refractivity (Wildman–Crippen MR) is 129 cm³/mol. The molecule has 3 rings (SSSR count). The molecule has 0 saturated carbocycles. The number of amides is 1. The van der Waals surface area contributed by atoms with Gasteiger partial charge < -0.3 is 16.4 Å². The van der Waals surface area contributed by atoms with Gasteiger partial charge in [-0.2, -0.15) is 5.26 Å². The van der Waals surface area contributed by atoms with Crippen LogP contribution in [0.3, 0.4) is 0 Å². The van der Waals surface area contributed by atoms with Gasteiger partial charge in [-0.3, -0.25) is 4.79 Å². The Labute approximate surface area is 187 Å². The number of hydrogen-bond donors (Lipinski definition) is 2. The lowest BCUT2D eigenvalue weighted by Gasteiger charge is -2.30. The maximum absolute atomic E-state index is 13.4. The normalized spacial score (nSPS) is 11.5. The van der Waals surface area contributed by atoms with E-state index in [2.05, 4.69) is 24.9 Å². The van der Waals surface area contributed by atoms with Crippen molar-refractivity contribution in [3.05, 3.63) is 40.3 Å². The smallest absolute Gasteiger partial charge is 0.266 e. The molecule has 2 heterocycles. The number of nitrogens with zero attached hydrogens (tertiary/aromatic N) is 3. The first kappa shape index (κ1) is 22.6. The summed E-state index contributed by atoms with van der Waals surface area (Å²) in [7, 11) is 0. The van der Waals surface area contributed by atoms with Gasteiger partial charge in [0.05, 0.1) is 5.69 Å². The van der Waals surface area contributed by atoms with Gasteiger partial charge in [0, 0.05) is 23.0 Å². The zero-order chi connectivity index (χ0) is 23.0. The molecular weight excluding hydrogens is 406 g/mol. The molecule has 0 saturated heterocycles. The lowest BCUT2D eigenvalue weighted by molar-refractivity contribution is 0.0650. The van der Waals surface area contributed by atoms with Gasteiger partial charge in [0.15, 0.2) is 0 Å². The van der Waals surface area contributed by atoms with Crippen molar-refractivity contribution in [2.45, 2.75) is 59.5 Å². The Bertz CT molecular complexity index is 1160. The van der Waals surface area contributed by atoms with Crippen molar-refractivity contribution in [1.82, 2.24) is 9.88 Å². The topological polar surface area (TPSA) is 109 Å². The SMILES string of the molecule is CC(C)c1ccc(-c2c(C#N)c(N)nc3sc(C(=O)N(C(C)C)C(C)C)c(N)c23)cc1. The van der Waals surface area contributed by atoms with E-state index < -0.39 is 0 Å². The number of hydrogen-bond acceptors (Lipinski definition) is 6. The number of benzene rings is 1. The summed E-state index contributed by atoms with van der Waals surface area (Å²) < 4.78 is 0. The van der Waals surface area contributed by atoms with E-state index in [0.717, 1.165) is 5.56 Å². The zero-order valence-corrected chi connectivity index (χ0v) is 19.7. The Balaban J connectivity index is 2.30. The highest BCUT2D eigenvalue weighted by Crippen LogP contribution is 2.43. The number of nitrogen functional groups attached to an aromatic ring is 2. The van der Waals surface area contributed by atoms with Gasteiger partial charge in [-0.05, 0) is 44.7 Å². The zero-order valence-electron chi connectivity index (χ0n) is 18.9.